The molecule has 0 atom stereocenters. The Balaban J connectivity index is 2.62. The lowest BCUT2D eigenvalue weighted by Crippen LogP contribution is -2.25. The van der Waals surface area contributed by atoms with Crippen molar-refractivity contribution in [3.63, 3.8) is 0 Å². The Bertz CT molecular complexity index is 693. The Labute approximate surface area is 120 Å². The van der Waals surface area contributed by atoms with Crippen LogP contribution in [0.4, 0.5) is 0 Å². The zero-order valence-electron chi connectivity index (χ0n) is 11.1. The Morgan fingerprint density at radius 3 is 2.55 bits per heavy atom. The lowest BCUT2D eigenvalue weighted by Gasteiger charge is -2.09. The Kier molecular flexibility index (Phi) is 4.20. The molecule has 2 aromatic rings. The van der Waals surface area contributed by atoms with Gasteiger partial charge in [-0.1, -0.05) is 18.5 Å². The first-order valence-corrected chi connectivity index (χ1v) is 6.41. The van der Waals surface area contributed by atoms with Gasteiger partial charge in [0.15, 0.2) is 0 Å². The predicted octanol–water partition coefficient (Wildman–Crippen LogP) is 2.23. The minimum atomic E-state index is -0.743. The van der Waals surface area contributed by atoms with Crippen molar-refractivity contribution in [2.24, 2.45) is 0 Å². The van der Waals surface area contributed by atoms with E-state index in [0.29, 0.717) is 22.7 Å². The fraction of sp³-hybridized carbons (Fsp3) is 0.214. The highest BCUT2D eigenvalue weighted by Crippen LogP contribution is 2.13. The summed E-state index contributed by atoms with van der Waals surface area (Å²) in [5.41, 5.74) is 0.580. The first kappa shape index (κ1) is 14.3. The number of benzene rings is 1. The maximum atomic E-state index is 12.0. The average Bonchev–Trinajstić information content (AvgIpc) is 2.47. The van der Waals surface area contributed by atoms with Crippen LogP contribution in [-0.2, 0) is 11.2 Å². The molecule has 0 bridgehead atoms. The molecule has 6 heteroatoms. The number of carbonyl (C=O) groups is 1. The third-order valence-corrected chi connectivity index (χ3v) is 3.10. The number of halogens is 1. The number of carbonyl (C=O) groups excluding carboxylic acids is 1. The number of aryl methyl sites for hydroxylation is 1. The van der Waals surface area contributed by atoms with Crippen LogP contribution < -0.4 is 5.43 Å². The van der Waals surface area contributed by atoms with Crippen LogP contribution in [0.1, 0.15) is 23.0 Å². The van der Waals surface area contributed by atoms with Crippen molar-refractivity contribution in [3.8, 4) is 5.69 Å². The second-order valence-electron chi connectivity index (χ2n) is 4.10. The van der Waals surface area contributed by atoms with Gasteiger partial charge in [0.05, 0.1) is 12.8 Å². The second kappa shape index (κ2) is 5.88. The van der Waals surface area contributed by atoms with Gasteiger partial charge in [0.25, 0.3) is 0 Å². The Hall–Kier alpha value is -2.14. The smallest absolute Gasteiger partial charge is 0.362 e. The van der Waals surface area contributed by atoms with Crippen LogP contribution in [0.25, 0.3) is 5.69 Å². The van der Waals surface area contributed by atoms with Gasteiger partial charge >= 0.3 is 5.97 Å². The number of esters is 1. The number of ether oxygens (including phenoxy) is 1. The van der Waals surface area contributed by atoms with Crippen LogP contribution in [0.5, 0.6) is 0 Å². The summed E-state index contributed by atoms with van der Waals surface area (Å²) in [5, 5.41) is 4.63. The SMILES string of the molecule is CCc1cn(-c2ccc(Cl)cc2)nc(C(=O)OC)c1=O. The van der Waals surface area contributed by atoms with Crippen molar-refractivity contribution in [1.29, 1.82) is 0 Å². The molecule has 0 spiro atoms. The molecule has 0 fully saturated rings. The highest BCUT2D eigenvalue weighted by Gasteiger charge is 2.17. The molecule has 0 radical (unpaired) electrons. The topological polar surface area (TPSA) is 61.2 Å². The van der Waals surface area contributed by atoms with Gasteiger partial charge in [-0.2, -0.15) is 5.10 Å². The highest BCUT2D eigenvalue weighted by atomic mass is 35.5. The molecule has 0 N–H and O–H groups in total. The molecule has 0 unspecified atom stereocenters. The van der Waals surface area contributed by atoms with E-state index in [4.69, 9.17) is 11.6 Å². The van der Waals surface area contributed by atoms with Crippen molar-refractivity contribution in [3.05, 3.63) is 57.0 Å². The number of nitrogens with zero attached hydrogens (tertiary/aromatic N) is 2. The number of aromatic nitrogens is 2. The zero-order chi connectivity index (χ0) is 14.7. The summed E-state index contributed by atoms with van der Waals surface area (Å²) in [6.07, 6.45) is 2.11. The van der Waals surface area contributed by atoms with Crippen LogP contribution >= 0.6 is 11.6 Å². The molecule has 0 aliphatic rings. The monoisotopic (exact) mass is 292 g/mol. The molecule has 0 saturated heterocycles. The van der Waals surface area contributed by atoms with Gasteiger partial charge < -0.3 is 4.74 Å². The highest BCUT2D eigenvalue weighted by molar-refractivity contribution is 6.30. The van der Waals surface area contributed by atoms with E-state index in [-0.39, 0.29) is 5.69 Å². The molecule has 5 nitrogen and oxygen atoms in total. The summed E-state index contributed by atoms with van der Waals surface area (Å²) in [7, 11) is 1.22. The third-order valence-electron chi connectivity index (χ3n) is 2.84. The van der Waals surface area contributed by atoms with Crippen molar-refractivity contribution in [2.45, 2.75) is 13.3 Å². The molecular formula is C14H13ClN2O3. The zero-order valence-corrected chi connectivity index (χ0v) is 11.8. The van der Waals surface area contributed by atoms with E-state index in [2.05, 4.69) is 9.84 Å². The van der Waals surface area contributed by atoms with Gasteiger partial charge in [0.2, 0.25) is 11.1 Å². The summed E-state index contributed by atoms with van der Waals surface area (Å²) >= 11 is 5.83. The van der Waals surface area contributed by atoms with Crippen molar-refractivity contribution < 1.29 is 9.53 Å². The summed E-state index contributed by atoms with van der Waals surface area (Å²) in [6, 6.07) is 6.92. The molecule has 104 valence electrons. The van der Waals surface area contributed by atoms with Crippen LogP contribution in [0, 0.1) is 0 Å². The molecular weight excluding hydrogens is 280 g/mol. The summed E-state index contributed by atoms with van der Waals surface area (Å²) in [6.45, 7) is 1.84. The Morgan fingerprint density at radius 2 is 2.00 bits per heavy atom. The normalized spacial score (nSPS) is 10.3. The average molecular weight is 293 g/mol. The van der Waals surface area contributed by atoms with Gasteiger partial charge in [0.1, 0.15) is 0 Å². The molecule has 0 amide bonds. The van der Waals surface area contributed by atoms with Gasteiger partial charge in [-0.05, 0) is 30.7 Å². The fourth-order valence-electron chi connectivity index (χ4n) is 1.75. The molecule has 0 saturated carbocycles. The molecule has 0 aliphatic carbocycles. The minimum absolute atomic E-state index is 0.221. The Morgan fingerprint density at radius 1 is 1.35 bits per heavy atom. The van der Waals surface area contributed by atoms with E-state index in [0.717, 1.165) is 0 Å². The maximum Gasteiger partial charge on any atom is 0.362 e. The number of rotatable bonds is 3. The van der Waals surface area contributed by atoms with Gasteiger partial charge in [-0.3, -0.25) is 4.79 Å². The van der Waals surface area contributed by atoms with E-state index >= 15 is 0 Å². The van der Waals surface area contributed by atoms with Crippen molar-refractivity contribution in [1.82, 2.24) is 9.78 Å². The summed E-state index contributed by atoms with van der Waals surface area (Å²) < 4.78 is 6.07. The van der Waals surface area contributed by atoms with E-state index in [9.17, 15) is 9.59 Å². The van der Waals surface area contributed by atoms with Crippen molar-refractivity contribution in [2.75, 3.05) is 7.11 Å². The maximum absolute atomic E-state index is 12.0. The third kappa shape index (κ3) is 2.72. The van der Waals surface area contributed by atoms with Crippen LogP contribution in [0.2, 0.25) is 5.02 Å². The standard InChI is InChI=1S/C14H13ClN2O3/c1-3-9-8-17(11-6-4-10(15)5-7-11)16-12(13(9)18)14(19)20-2/h4-8H,3H2,1-2H3. The first-order valence-electron chi connectivity index (χ1n) is 6.04. The minimum Gasteiger partial charge on any atom is -0.464 e. The van der Waals surface area contributed by atoms with Gasteiger partial charge in [0, 0.05) is 16.8 Å². The molecule has 2 rings (SSSR count). The molecule has 0 aliphatic heterocycles. The van der Waals surface area contributed by atoms with Gasteiger partial charge in [-0.15, -0.1) is 0 Å². The van der Waals surface area contributed by atoms with Crippen molar-refractivity contribution >= 4 is 17.6 Å². The van der Waals surface area contributed by atoms with Crippen LogP contribution in [-0.4, -0.2) is 22.9 Å². The number of hydrogen-bond acceptors (Lipinski definition) is 4. The van der Waals surface area contributed by atoms with E-state index in [1.165, 1.54) is 11.8 Å². The predicted molar refractivity (Wildman–Crippen MR) is 75.6 cm³/mol. The first-order chi connectivity index (χ1) is 9.56. The molecule has 20 heavy (non-hydrogen) atoms. The summed E-state index contributed by atoms with van der Waals surface area (Å²) in [4.78, 5) is 23.7. The fourth-order valence-corrected chi connectivity index (χ4v) is 1.87. The largest absolute Gasteiger partial charge is 0.464 e. The number of hydrogen-bond donors (Lipinski definition) is 0. The van der Waals surface area contributed by atoms with E-state index < -0.39 is 11.4 Å². The quantitative estimate of drug-likeness (QED) is 0.814. The van der Waals surface area contributed by atoms with Crippen LogP contribution in [0.3, 0.4) is 0 Å². The van der Waals surface area contributed by atoms with Crippen LogP contribution in [0.15, 0.2) is 35.3 Å². The number of methoxy groups -OCH3 is 1. The summed E-state index contributed by atoms with van der Waals surface area (Å²) in [5.74, 6) is -0.743. The lowest BCUT2D eigenvalue weighted by molar-refractivity contribution is 0.0590. The van der Waals surface area contributed by atoms with E-state index in [1.54, 1.807) is 30.5 Å². The molecule has 1 heterocycles. The van der Waals surface area contributed by atoms with E-state index in [1.807, 2.05) is 6.92 Å². The lowest BCUT2D eigenvalue weighted by atomic mass is 10.2. The second-order valence-corrected chi connectivity index (χ2v) is 4.53. The van der Waals surface area contributed by atoms with Gasteiger partial charge in [-0.25, -0.2) is 9.48 Å². The molecule has 1 aromatic carbocycles. The molecule has 1 aromatic heterocycles.